The predicted octanol–water partition coefficient (Wildman–Crippen LogP) is 3.20. The van der Waals surface area contributed by atoms with E-state index in [4.69, 9.17) is 5.11 Å². The summed E-state index contributed by atoms with van der Waals surface area (Å²) >= 11 is 0. The summed E-state index contributed by atoms with van der Waals surface area (Å²) in [5.74, 6) is -1.10. The first-order valence-electron chi connectivity index (χ1n) is 9.27. The van der Waals surface area contributed by atoms with Crippen molar-refractivity contribution in [2.75, 3.05) is 6.54 Å². The molecule has 2 N–H and O–H groups in total. The minimum absolute atomic E-state index is 0.00381. The number of hydrogen-bond donors (Lipinski definition) is 2. The highest BCUT2D eigenvalue weighted by molar-refractivity contribution is 5.98. The number of nitrogens with one attached hydrogen (secondary N) is 1. The lowest BCUT2D eigenvalue weighted by Gasteiger charge is -2.07. The third-order valence-electron chi connectivity index (χ3n) is 4.94. The van der Waals surface area contributed by atoms with E-state index in [0.717, 1.165) is 24.8 Å². The number of ketones is 1. The van der Waals surface area contributed by atoms with Gasteiger partial charge in [0.2, 0.25) is 5.91 Å². The van der Waals surface area contributed by atoms with Crippen LogP contribution in [0.4, 0.5) is 0 Å². The molecule has 0 unspecified atom stereocenters. The van der Waals surface area contributed by atoms with Crippen molar-refractivity contribution < 1.29 is 19.5 Å². The van der Waals surface area contributed by atoms with Gasteiger partial charge in [-0.25, -0.2) is 4.79 Å². The molecule has 1 amide bonds. The van der Waals surface area contributed by atoms with E-state index in [0.29, 0.717) is 18.5 Å². The van der Waals surface area contributed by atoms with Crippen molar-refractivity contribution in [1.29, 1.82) is 0 Å². The Balaban J connectivity index is 1.40. The second-order valence-electron chi connectivity index (χ2n) is 6.86. The van der Waals surface area contributed by atoms with E-state index in [1.54, 1.807) is 24.3 Å². The van der Waals surface area contributed by atoms with Crippen molar-refractivity contribution >= 4 is 17.7 Å². The summed E-state index contributed by atoms with van der Waals surface area (Å²) < 4.78 is 0. The van der Waals surface area contributed by atoms with E-state index in [-0.39, 0.29) is 30.1 Å². The number of carbonyl (C=O) groups excluding carboxylic acids is 2. The molecule has 0 fully saturated rings. The van der Waals surface area contributed by atoms with Crippen LogP contribution in [-0.2, 0) is 24.1 Å². The quantitative estimate of drug-likeness (QED) is 0.704. The molecule has 2 aromatic carbocycles. The minimum Gasteiger partial charge on any atom is -0.478 e. The highest BCUT2D eigenvalue weighted by Crippen LogP contribution is 2.23. The molecule has 27 heavy (non-hydrogen) atoms. The van der Waals surface area contributed by atoms with Gasteiger partial charge in [-0.3, -0.25) is 9.59 Å². The van der Waals surface area contributed by atoms with Crippen molar-refractivity contribution in [1.82, 2.24) is 5.32 Å². The zero-order valence-electron chi connectivity index (χ0n) is 15.2. The summed E-state index contributed by atoms with van der Waals surface area (Å²) in [4.78, 5) is 35.1. The number of rotatable bonds is 8. The van der Waals surface area contributed by atoms with Gasteiger partial charge in [0.25, 0.3) is 0 Å². The second kappa shape index (κ2) is 8.62. The summed E-state index contributed by atoms with van der Waals surface area (Å²) in [7, 11) is 0. The number of carboxylic acid groups (broad SMARTS) is 1. The fourth-order valence-electron chi connectivity index (χ4n) is 3.37. The zero-order chi connectivity index (χ0) is 19.2. The number of amides is 1. The molecule has 0 heterocycles. The highest BCUT2D eigenvalue weighted by Gasteiger charge is 2.14. The van der Waals surface area contributed by atoms with E-state index in [1.165, 1.54) is 11.1 Å². The van der Waals surface area contributed by atoms with E-state index in [1.807, 2.05) is 18.2 Å². The van der Waals surface area contributed by atoms with Gasteiger partial charge in [0.1, 0.15) is 0 Å². The van der Waals surface area contributed by atoms with Crippen molar-refractivity contribution in [2.24, 2.45) is 0 Å². The third kappa shape index (κ3) is 5.03. The average molecular weight is 365 g/mol. The fraction of sp³-hybridized carbons (Fsp3) is 0.318. The number of aromatic carboxylic acids is 1. The van der Waals surface area contributed by atoms with E-state index in [2.05, 4.69) is 5.32 Å². The maximum Gasteiger partial charge on any atom is 0.335 e. The minimum atomic E-state index is -0.956. The van der Waals surface area contributed by atoms with Gasteiger partial charge in [0.15, 0.2) is 5.78 Å². The van der Waals surface area contributed by atoms with Crippen LogP contribution < -0.4 is 5.32 Å². The first-order chi connectivity index (χ1) is 13.0. The van der Waals surface area contributed by atoms with Crippen molar-refractivity contribution in [3.8, 4) is 0 Å². The number of carboxylic acids is 1. The first kappa shape index (κ1) is 18.8. The average Bonchev–Trinajstić information content (AvgIpc) is 3.14. The van der Waals surface area contributed by atoms with Crippen LogP contribution in [0.25, 0.3) is 0 Å². The second-order valence-corrected chi connectivity index (χ2v) is 6.86. The largest absolute Gasteiger partial charge is 0.478 e. The van der Waals surface area contributed by atoms with Crippen LogP contribution in [0, 0.1) is 0 Å². The topological polar surface area (TPSA) is 83.5 Å². The molecule has 140 valence electrons. The van der Waals surface area contributed by atoms with E-state index >= 15 is 0 Å². The Hall–Kier alpha value is -2.95. The Morgan fingerprint density at radius 3 is 2.33 bits per heavy atom. The normalized spacial score (nSPS) is 12.4. The molecule has 0 saturated carbocycles. The lowest BCUT2D eigenvalue weighted by atomic mass is 10.0. The molecule has 5 heteroatoms. The van der Waals surface area contributed by atoms with Crippen LogP contribution in [0.3, 0.4) is 0 Å². The van der Waals surface area contributed by atoms with Crippen LogP contribution in [0.1, 0.15) is 56.7 Å². The van der Waals surface area contributed by atoms with Gasteiger partial charge in [-0.1, -0.05) is 24.3 Å². The first-order valence-corrected chi connectivity index (χ1v) is 9.27. The Bertz CT molecular complexity index is 855. The van der Waals surface area contributed by atoms with Crippen LogP contribution in [0.2, 0.25) is 0 Å². The SMILES string of the molecule is O=C(CCC(=O)c1ccc2c(c1)CCC2)NCCc1ccc(C(=O)O)cc1. The van der Waals surface area contributed by atoms with Crippen molar-refractivity contribution in [3.63, 3.8) is 0 Å². The van der Waals surface area contributed by atoms with Gasteiger partial charge in [0.05, 0.1) is 5.56 Å². The lowest BCUT2D eigenvalue weighted by molar-refractivity contribution is -0.121. The molecule has 0 bridgehead atoms. The summed E-state index contributed by atoms with van der Waals surface area (Å²) in [5.41, 5.74) is 4.49. The molecule has 0 spiro atoms. The molecule has 2 aromatic rings. The molecule has 0 atom stereocenters. The third-order valence-corrected chi connectivity index (χ3v) is 4.94. The maximum absolute atomic E-state index is 12.3. The number of fused-ring (bicyclic) bond motifs is 1. The lowest BCUT2D eigenvalue weighted by Crippen LogP contribution is -2.26. The predicted molar refractivity (Wildman–Crippen MR) is 102 cm³/mol. The van der Waals surface area contributed by atoms with Gasteiger partial charge in [-0.05, 0) is 60.6 Å². The van der Waals surface area contributed by atoms with Crippen molar-refractivity contribution in [3.05, 3.63) is 70.3 Å². The van der Waals surface area contributed by atoms with Gasteiger partial charge in [-0.2, -0.15) is 0 Å². The summed E-state index contributed by atoms with van der Waals surface area (Å²) in [6.07, 6.45) is 4.26. The Labute approximate surface area is 158 Å². The van der Waals surface area contributed by atoms with E-state index in [9.17, 15) is 14.4 Å². The molecule has 5 nitrogen and oxygen atoms in total. The van der Waals surface area contributed by atoms with Crippen LogP contribution in [0.15, 0.2) is 42.5 Å². The van der Waals surface area contributed by atoms with Crippen LogP contribution >= 0.6 is 0 Å². The van der Waals surface area contributed by atoms with Gasteiger partial charge in [-0.15, -0.1) is 0 Å². The van der Waals surface area contributed by atoms with Crippen molar-refractivity contribution in [2.45, 2.75) is 38.5 Å². The molecular weight excluding hydrogens is 342 g/mol. The number of carbonyl (C=O) groups is 3. The molecular formula is C22H23NO4. The molecule has 3 rings (SSSR count). The monoisotopic (exact) mass is 365 g/mol. The summed E-state index contributed by atoms with van der Waals surface area (Å²) in [6.45, 7) is 0.457. The molecule has 0 aliphatic heterocycles. The molecule has 1 aliphatic carbocycles. The zero-order valence-corrected chi connectivity index (χ0v) is 15.2. The number of aryl methyl sites for hydroxylation is 2. The number of hydrogen-bond acceptors (Lipinski definition) is 3. The number of benzene rings is 2. The van der Waals surface area contributed by atoms with Crippen LogP contribution in [-0.4, -0.2) is 29.3 Å². The molecule has 0 aromatic heterocycles. The van der Waals surface area contributed by atoms with Gasteiger partial charge < -0.3 is 10.4 Å². The molecule has 0 saturated heterocycles. The highest BCUT2D eigenvalue weighted by atomic mass is 16.4. The van der Waals surface area contributed by atoms with Gasteiger partial charge in [0, 0.05) is 24.9 Å². The van der Waals surface area contributed by atoms with Gasteiger partial charge >= 0.3 is 5.97 Å². The fourth-order valence-corrected chi connectivity index (χ4v) is 3.37. The maximum atomic E-state index is 12.3. The summed E-state index contributed by atoms with van der Waals surface area (Å²) in [6, 6.07) is 12.5. The van der Waals surface area contributed by atoms with E-state index < -0.39 is 5.97 Å². The Kier molecular flexibility index (Phi) is 6.01. The van der Waals surface area contributed by atoms with Crippen LogP contribution in [0.5, 0.6) is 0 Å². The molecule has 1 aliphatic rings. The summed E-state index contributed by atoms with van der Waals surface area (Å²) in [5, 5.41) is 11.7. The standard InChI is InChI=1S/C22H23NO4/c24-20(19-9-8-16-2-1-3-18(16)14-19)10-11-21(25)23-13-12-15-4-6-17(7-5-15)22(26)27/h4-9,14H,1-3,10-13H2,(H,23,25)(H,26,27). The number of Topliss-reactive ketones (excluding diaryl/α,β-unsaturated/α-hetero) is 1. The Morgan fingerprint density at radius 2 is 1.59 bits per heavy atom. The molecule has 0 radical (unpaired) electrons. The smallest absolute Gasteiger partial charge is 0.335 e. The Morgan fingerprint density at radius 1 is 0.889 bits per heavy atom.